The van der Waals surface area contributed by atoms with Crippen LogP contribution < -0.4 is 0 Å². The van der Waals surface area contributed by atoms with Crippen LogP contribution in [0.3, 0.4) is 0 Å². The Kier molecular flexibility index (Phi) is 13.7. The summed E-state index contributed by atoms with van der Waals surface area (Å²) < 4.78 is 25.7. The van der Waals surface area contributed by atoms with Gasteiger partial charge < -0.3 is 0 Å². The highest BCUT2D eigenvalue weighted by Crippen LogP contribution is 2.11. The molecule has 0 spiro atoms. The van der Waals surface area contributed by atoms with Crippen LogP contribution >= 0.6 is 11.6 Å². The van der Waals surface area contributed by atoms with Crippen LogP contribution in [-0.4, -0.2) is 23.8 Å². The molecule has 4 nitrogen and oxygen atoms in total. The smallest absolute Gasteiger partial charge is 0.142 e. The van der Waals surface area contributed by atoms with Crippen LogP contribution in [-0.2, 0) is 14.4 Å². The second-order valence-electron chi connectivity index (χ2n) is 7.01. The quantitative estimate of drug-likeness (QED) is 0.284. The van der Waals surface area contributed by atoms with E-state index in [2.05, 4.69) is 4.98 Å². The van der Waals surface area contributed by atoms with Crippen molar-refractivity contribution in [2.45, 2.75) is 13.8 Å². The number of rotatable bonds is 6. The zero-order chi connectivity index (χ0) is 26.1. The average molecular weight is 496 g/mol. The maximum Gasteiger partial charge on any atom is 0.142 e. The Balaban J connectivity index is 0.000000263. The number of halogens is 3. The molecule has 0 radical (unpaired) electrons. The molecule has 7 heteroatoms. The molecule has 0 fully saturated rings. The average Bonchev–Trinajstić information content (AvgIpc) is 2.82. The Morgan fingerprint density at radius 3 is 1.94 bits per heavy atom. The second kappa shape index (κ2) is 16.6. The zero-order valence-corrected chi connectivity index (χ0v) is 20.0. The molecule has 0 aliphatic carbocycles. The van der Waals surface area contributed by atoms with Gasteiger partial charge in [0.15, 0.2) is 0 Å². The molecule has 0 aliphatic rings. The van der Waals surface area contributed by atoms with Crippen molar-refractivity contribution < 1.29 is 23.2 Å². The molecule has 0 saturated carbocycles. The fourth-order valence-corrected chi connectivity index (χ4v) is 2.80. The predicted octanol–water partition coefficient (Wildman–Crippen LogP) is 6.64. The first-order valence-electron chi connectivity index (χ1n) is 10.3. The van der Waals surface area contributed by atoms with Gasteiger partial charge in [0.25, 0.3) is 0 Å². The third-order valence-corrected chi connectivity index (χ3v) is 4.24. The van der Waals surface area contributed by atoms with Crippen molar-refractivity contribution >= 4 is 48.7 Å². The topological polar surface area (TPSA) is 64.1 Å². The number of hydrogen-bond acceptors (Lipinski definition) is 4. The summed E-state index contributed by atoms with van der Waals surface area (Å²) in [7, 11) is 0. The highest BCUT2D eigenvalue weighted by Gasteiger charge is 1.96. The summed E-state index contributed by atoms with van der Waals surface area (Å²) >= 11 is 5.64. The number of allylic oxidation sites excluding steroid dienone is 3. The molecule has 180 valence electrons. The molecule has 3 aromatic rings. The van der Waals surface area contributed by atoms with Gasteiger partial charge in [-0.25, -0.2) is 8.78 Å². The minimum Gasteiger partial charge on any atom is -0.299 e. The molecule has 1 heterocycles. The fourth-order valence-electron chi connectivity index (χ4n) is 2.61. The molecule has 0 aliphatic heterocycles. The number of carbonyl (C=O) groups is 3. The first kappa shape index (κ1) is 29.0. The normalized spacial score (nSPS) is 10.4. The molecule has 0 N–H and O–H groups in total. The highest BCUT2D eigenvalue weighted by atomic mass is 35.5. The molecule has 0 unspecified atom stereocenters. The third kappa shape index (κ3) is 12.7. The number of nitrogens with zero attached hydrogens (tertiary/aromatic N) is 1. The van der Waals surface area contributed by atoms with Gasteiger partial charge >= 0.3 is 0 Å². The summed E-state index contributed by atoms with van der Waals surface area (Å²) in [6.07, 6.45) is 13.9. The van der Waals surface area contributed by atoms with Crippen LogP contribution in [0.2, 0.25) is 5.02 Å². The lowest BCUT2D eigenvalue weighted by Crippen LogP contribution is -1.82. The Labute approximate surface area is 208 Å². The van der Waals surface area contributed by atoms with Gasteiger partial charge in [-0.1, -0.05) is 41.4 Å². The molecule has 0 bridgehead atoms. The van der Waals surface area contributed by atoms with Crippen LogP contribution in [0.15, 0.2) is 73.1 Å². The minimum absolute atomic E-state index is 0.277. The third-order valence-electron chi connectivity index (χ3n) is 4.03. The largest absolute Gasteiger partial charge is 0.299 e. The maximum absolute atomic E-state index is 12.9. The molecule has 0 amide bonds. The van der Waals surface area contributed by atoms with Crippen molar-refractivity contribution in [3.63, 3.8) is 0 Å². The number of aryl methyl sites for hydroxylation is 2. The van der Waals surface area contributed by atoms with E-state index in [-0.39, 0.29) is 11.6 Å². The Morgan fingerprint density at radius 2 is 1.34 bits per heavy atom. The van der Waals surface area contributed by atoms with Crippen LogP contribution in [0.4, 0.5) is 8.78 Å². The van der Waals surface area contributed by atoms with E-state index in [9.17, 15) is 23.2 Å². The lowest BCUT2D eigenvalue weighted by atomic mass is 10.1. The van der Waals surface area contributed by atoms with Crippen LogP contribution in [0.25, 0.3) is 18.2 Å². The maximum atomic E-state index is 12.9. The number of aromatic nitrogens is 1. The van der Waals surface area contributed by atoms with E-state index in [4.69, 9.17) is 11.6 Å². The van der Waals surface area contributed by atoms with Crippen LogP contribution in [0.1, 0.15) is 27.8 Å². The first-order valence-corrected chi connectivity index (χ1v) is 10.7. The van der Waals surface area contributed by atoms with E-state index in [0.717, 1.165) is 16.7 Å². The van der Waals surface area contributed by atoms with E-state index in [1.807, 2.05) is 13.0 Å². The van der Waals surface area contributed by atoms with E-state index in [1.165, 1.54) is 42.5 Å². The fraction of sp³-hybridized carbons (Fsp3) is 0.0714. The summed E-state index contributed by atoms with van der Waals surface area (Å²) in [5, 5.41) is 0.568. The van der Waals surface area contributed by atoms with E-state index < -0.39 is 0 Å². The molecule has 0 atom stereocenters. The molecular weight excluding hydrogens is 472 g/mol. The molecule has 35 heavy (non-hydrogen) atoms. The molecule has 3 rings (SSSR count). The lowest BCUT2D eigenvalue weighted by Gasteiger charge is -1.97. The standard InChI is InChI=1S/2C10H9FO.C8H6ClNO/c1-8-4-5-10(11)9(7-8)3-2-6-12;1-8-5-9(3-2-4-12)7-10(11)6-8;9-8-4-7(2-1-3-11)5-10-6-8/h2*2-7H,1H3;1-6H/b2*3-2+;2-1+. The van der Waals surface area contributed by atoms with Gasteiger partial charge in [0.1, 0.15) is 30.5 Å². The van der Waals surface area contributed by atoms with Crippen molar-refractivity contribution in [2.75, 3.05) is 0 Å². The molecular formula is C28H24ClF2NO3. The number of carbonyl (C=O) groups excluding carboxylic acids is 3. The van der Waals surface area contributed by atoms with Gasteiger partial charge in [-0.15, -0.1) is 0 Å². The monoisotopic (exact) mass is 495 g/mol. The number of hydrogen-bond donors (Lipinski definition) is 0. The van der Waals surface area contributed by atoms with Crippen LogP contribution in [0.5, 0.6) is 0 Å². The van der Waals surface area contributed by atoms with Crippen molar-refractivity contribution in [1.29, 1.82) is 0 Å². The number of benzene rings is 2. The second-order valence-corrected chi connectivity index (χ2v) is 7.45. The molecule has 1 aromatic heterocycles. The SMILES string of the molecule is Cc1cc(F)cc(/C=C/C=O)c1.Cc1ccc(F)c(/C=C/C=O)c1.O=C/C=C/c1cncc(Cl)c1. The first-order chi connectivity index (χ1) is 16.8. The lowest BCUT2D eigenvalue weighted by molar-refractivity contribution is -0.104. The Morgan fingerprint density at radius 1 is 0.714 bits per heavy atom. The van der Waals surface area contributed by atoms with E-state index in [0.29, 0.717) is 35.0 Å². The van der Waals surface area contributed by atoms with Crippen LogP contribution in [0, 0.1) is 25.5 Å². The summed E-state index contributed by atoms with van der Waals surface area (Å²) in [6.45, 7) is 3.68. The Hall–Kier alpha value is -4.03. The zero-order valence-electron chi connectivity index (χ0n) is 19.2. The van der Waals surface area contributed by atoms with Crippen molar-refractivity contribution in [1.82, 2.24) is 4.98 Å². The van der Waals surface area contributed by atoms with Gasteiger partial charge in [-0.05, 0) is 85.2 Å². The van der Waals surface area contributed by atoms with Crippen molar-refractivity contribution in [3.8, 4) is 0 Å². The minimum atomic E-state index is -0.307. The van der Waals surface area contributed by atoms with Gasteiger partial charge in [0, 0.05) is 18.0 Å². The molecule has 0 saturated heterocycles. The van der Waals surface area contributed by atoms with E-state index in [1.54, 1.807) is 49.7 Å². The van der Waals surface area contributed by atoms with Crippen molar-refractivity contribution in [2.24, 2.45) is 0 Å². The summed E-state index contributed by atoms with van der Waals surface area (Å²) in [6, 6.07) is 11.1. The highest BCUT2D eigenvalue weighted by molar-refractivity contribution is 6.30. The molecule has 2 aromatic carbocycles. The Bertz CT molecular complexity index is 1200. The van der Waals surface area contributed by atoms with Gasteiger partial charge in [0.05, 0.1) is 5.02 Å². The summed E-state index contributed by atoms with van der Waals surface area (Å²) in [5.41, 5.74) is 3.80. The summed E-state index contributed by atoms with van der Waals surface area (Å²) in [4.78, 5) is 33.7. The van der Waals surface area contributed by atoms with E-state index >= 15 is 0 Å². The van der Waals surface area contributed by atoms with Gasteiger partial charge in [0.2, 0.25) is 0 Å². The number of pyridine rings is 1. The van der Waals surface area contributed by atoms with Gasteiger partial charge in [-0.3, -0.25) is 19.4 Å². The number of aldehydes is 3. The van der Waals surface area contributed by atoms with Gasteiger partial charge in [-0.2, -0.15) is 0 Å². The predicted molar refractivity (Wildman–Crippen MR) is 137 cm³/mol. The van der Waals surface area contributed by atoms with Crippen molar-refractivity contribution in [3.05, 3.63) is 118 Å². The summed E-state index contributed by atoms with van der Waals surface area (Å²) in [5.74, 6) is -0.584.